The molecule has 2 aromatic heterocycles. The Kier molecular flexibility index (Phi) is 8.34. The lowest BCUT2D eigenvalue weighted by Gasteiger charge is -2.44. The van der Waals surface area contributed by atoms with Crippen molar-refractivity contribution in [2.24, 2.45) is 0 Å². The van der Waals surface area contributed by atoms with Crippen LogP contribution in [0.5, 0.6) is 0 Å². The molecule has 14 heteroatoms. The quantitative estimate of drug-likeness (QED) is 0.249. The molecule has 4 aromatic rings. The van der Waals surface area contributed by atoms with Gasteiger partial charge in [0, 0.05) is 16.4 Å². The Balaban J connectivity index is 1.20. The SMILES string of the molecule is OC[C@H]1O[C@@H](S[C@@H]2CCC[C@H](n3cc(-c4ccccc4F)nn3)[C@@H]2O)[C@H](O)[C@H](n2cc(-c3ccccc3F)nn2)[C@H]1O. The maximum atomic E-state index is 14.3. The average molecular weight is 601 g/mol. The van der Waals surface area contributed by atoms with E-state index in [1.165, 1.54) is 34.8 Å². The summed E-state index contributed by atoms with van der Waals surface area (Å²) in [4.78, 5) is 0. The topological polar surface area (TPSA) is 152 Å². The number of aromatic nitrogens is 6. The highest BCUT2D eigenvalue weighted by molar-refractivity contribution is 8.00. The number of thioether (sulfide) groups is 1. The number of aliphatic hydroxyl groups is 4. The molecule has 1 aliphatic heterocycles. The van der Waals surface area contributed by atoms with Crippen LogP contribution in [0.2, 0.25) is 0 Å². The number of nitrogens with zero attached hydrogens (tertiary/aromatic N) is 6. The van der Waals surface area contributed by atoms with E-state index in [1.807, 2.05) is 0 Å². The lowest BCUT2D eigenvalue weighted by molar-refractivity contribution is -0.178. The molecule has 3 heterocycles. The van der Waals surface area contributed by atoms with Crippen molar-refractivity contribution >= 4 is 11.8 Å². The van der Waals surface area contributed by atoms with Gasteiger partial charge in [-0.25, -0.2) is 18.1 Å². The van der Waals surface area contributed by atoms with Crippen molar-refractivity contribution in [3.8, 4) is 22.5 Å². The second kappa shape index (κ2) is 12.1. The standard InChI is InChI=1S/C28H30F2N6O5S/c29-17-8-3-1-6-15(17)19-12-35(33-31-19)21-10-5-11-23(25(21)38)42-28-27(40)24(26(39)22(14-37)41-28)36-13-20(32-34-36)16-7-2-4-9-18(16)30/h1-4,6-9,12-13,21-28,37-40H,5,10-11,14H2/t21-,22+,23+,24+,25-,26-,27+,28-/m0/s1. The molecular formula is C28H30F2N6O5S. The van der Waals surface area contributed by atoms with Crippen molar-refractivity contribution in [3.63, 3.8) is 0 Å². The third-order valence-electron chi connectivity index (χ3n) is 7.89. The summed E-state index contributed by atoms with van der Waals surface area (Å²) in [6, 6.07) is 10.8. The molecule has 0 radical (unpaired) electrons. The zero-order valence-corrected chi connectivity index (χ0v) is 23.1. The van der Waals surface area contributed by atoms with Crippen LogP contribution in [0, 0.1) is 11.6 Å². The van der Waals surface area contributed by atoms with Crippen LogP contribution < -0.4 is 0 Å². The molecule has 222 valence electrons. The number of halogens is 2. The smallest absolute Gasteiger partial charge is 0.132 e. The molecule has 6 rings (SSSR count). The van der Waals surface area contributed by atoms with Crippen molar-refractivity contribution in [1.29, 1.82) is 0 Å². The van der Waals surface area contributed by atoms with Gasteiger partial charge in [-0.3, -0.25) is 0 Å². The summed E-state index contributed by atoms with van der Waals surface area (Å²) in [5, 5.41) is 59.6. The summed E-state index contributed by atoms with van der Waals surface area (Å²) in [5.41, 5.74) is 0.152. The Labute approximate surface area is 243 Å². The molecule has 1 saturated heterocycles. The van der Waals surface area contributed by atoms with Gasteiger partial charge in [-0.2, -0.15) is 0 Å². The van der Waals surface area contributed by atoms with Gasteiger partial charge >= 0.3 is 0 Å². The monoisotopic (exact) mass is 600 g/mol. The van der Waals surface area contributed by atoms with E-state index in [-0.39, 0.29) is 11.3 Å². The first-order chi connectivity index (χ1) is 20.4. The summed E-state index contributed by atoms with van der Waals surface area (Å²) >= 11 is 1.20. The average Bonchev–Trinajstić information content (AvgIpc) is 3.67. The second-order valence-corrected chi connectivity index (χ2v) is 11.8. The fourth-order valence-electron chi connectivity index (χ4n) is 5.67. The molecule has 42 heavy (non-hydrogen) atoms. The van der Waals surface area contributed by atoms with Gasteiger partial charge in [0.2, 0.25) is 0 Å². The number of hydrogen-bond donors (Lipinski definition) is 4. The maximum Gasteiger partial charge on any atom is 0.132 e. The number of hydrogen-bond acceptors (Lipinski definition) is 10. The Morgan fingerprint density at radius 2 is 1.40 bits per heavy atom. The summed E-state index contributed by atoms with van der Waals surface area (Å²) in [5.74, 6) is -0.914. The largest absolute Gasteiger partial charge is 0.394 e. The predicted molar refractivity (Wildman–Crippen MR) is 148 cm³/mol. The van der Waals surface area contributed by atoms with E-state index >= 15 is 0 Å². The van der Waals surface area contributed by atoms with Crippen molar-refractivity contribution in [2.45, 2.75) is 66.4 Å². The first kappa shape index (κ1) is 28.8. The Morgan fingerprint density at radius 1 is 0.810 bits per heavy atom. The van der Waals surface area contributed by atoms with E-state index in [0.29, 0.717) is 24.1 Å². The van der Waals surface area contributed by atoms with Gasteiger partial charge in [-0.05, 0) is 37.1 Å². The highest BCUT2D eigenvalue weighted by Crippen LogP contribution is 2.42. The molecule has 0 spiro atoms. The van der Waals surface area contributed by atoms with Crippen LogP contribution in [0.1, 0.15) is 31.3 Å². The second-order valence-electron chi connectivity index (χ2n) is 10.5. The minimum Gasteiger partial charge on any atom is -0.394 e. The molecule has 1 aliphatic carbocycles. The number of aliphatic hydroxyl groups excluding tert-OH is 4. The van der Waals surface area contributed by atoms with Crippen LogP contribution in [0.3, 0.4) is 0 Å². The molecule has 4 N–H and O–H groups in total. The first-order valence-corrected chi connectivity index (χ1v) is 14.6. The Hall–Kier alpha value is -3.27. The van der Waals surface area contributed by atoms with Crippen molar-refractivity contribution in [1.82, 2.24) is 30.0 Å². The molecule has 0 unspecified atom stereocenters. The van der Waals surface area contributed by atoms with Crippen LogP contribution >= 0.6 is 11.8 Å². The molecule has 11 nitrogen and oxygen atoms in total. The van der Waals surface area contributed by atoms with Crippen LogP contribution in [0.25, 0.3) is 22.5 Å². The van der Waals surface area contributed by atoms with E-state index < -0.39 is 65.4 Å². The van der Waals surface area contributed by atoms with Gasteiger partial charge in [-0.15, -0.1) is 22.0 Å². The number of rotatable bonds is 7. The van der Waals surface area contributed by atoms with Crippen LogP contribution in [0.15, 0.2) is 60.9 Å². The first-order valence-electron chi connectivity index (χ1n) is 13.6. The summed E-state index contributed by atoms with van der Waals surface area (Å²) in [6.45, 7) is -0.524. The van der Waals surface area contributed by atoms with Crippen molar-refractivity contribution in [2.75, 3.05) is 6.61 Å². The third-order valence-corrected chi connectivity index (χ3v) is 9.41. The zero-order valence-electron chi connectivity index (χ0n) is 22.3. The van der Waals surface area contributed by atoms with E-state index in [4.69, 9.17) is 4.74 Å². The fourth-order valence-corrected chi connectivity index (χ4v) is 7.18. The van der Waals surface area contributed by atoms with Gasteiger partial charge in [0.05, 0.1) is 31.1 Å². The maximum absolute atomic E-state index is 14.3. The van der Waals surface area contributed by atoms with Crippen molar-refractivity contribution < 1.29 is 33.9 Å². The van der Waals surface area contributed by atoms with Crippen LogP contribution in [-0.2, 0) is 4.74 Å². The van der Waals surface area contributed by atoms with Gasteiger partial charge < -0.3 is 25.2 Å². The molecule has 0 bridgehead atoms. The Morgan fingerprint density at radius 3 is 2.02 bits per heavy atom. The van der Waals surface area contributed by atoms with Crippen molar-refractivity contribution in [3.05, 3.63) is 72.6 Å². The van der Waals surface area contributed by atoms with E-state index in [1.54, 1.807) is 47.3 Å². The lowest BCUT2D eigenvalue weighted by Crippen LogP contribution is -2.55. The van der Waals surface area contributed by atoms with Crippen LogP contribution in [-0.4, -0.2) is 92.1 Å². The normalized spacial score (nSPS) is 30.0. The molecule has 1 saturated carbocycles. The van der Waals surface area contributed by atoms with E-state index in [0.717, 1.165) is 6.42 Å². The minimum atomic E-state index is -1.34. The molecule has 2 aliphatic rings. The van der Waals surface area contributed by atoms with E-state index in [9.17, 15) is 29.2 Å². The molecule has 2 fully saturated rings. The minimum absolute atomic E-state index is 0.215. The zero-order chi connectivity index (χ0) is 29.4. The summed E-state index contributed by atoms with van der Waals surface area (Å²) < 4.78 is 37.3. The van der Waals surface area contributed by atoms with Gasteiger partial charge in [0.25, 0.3) is 0 Å². The number of ether oxygens (including phenoxy) is 1. The summed E-state index contributed by atoms with van der Waals surface area (Å²) in [7, 11) is 0. The molecular weight excluding hydrogens is 570 g/mol. The van der Waals surface area contributed by atoms with Gasteiger partial charge in [-0.1, -0.05) is 41.1 Å². The van der Waals surface area contributed by atoms with Gasteiger partial charge in [0.15, 0.2) is 0 Å². The van der Waals surface area contributed by atoms with Gasteiger partial charge in [0.1, 0.15) is 52.8 Å². The highest BCUT2D eigenvalue weighted by Gasteiger charge is 2.48. The third kappa shape index (κ3) is 5.45. The fraction of sp³-hybridized carbons (Fsp3) is 0.429. The summed E-state index contributed by atoms with van der Waals surface area (Å²) in [6.07, 6.45) is 0.396. The molecule has 0 amide bonds. The highest BCUT2D eigenvalue weighted by atomic mass is 32.2. The number of benzene rings is 2. The predicted octanol–water partition coefficient (Wildman–Crippen LogP) is 2.35. The molecule has 8 atom stereocenters. The van der Waals surface area contributed by atoms with E-state index in [2.05, 4.69) is 20.6 Å². The molecule has 2 aromatic carbocycles. The Bertz CT molecular complexity index is 1520. The lowest BCUT2D eigenvalue weighted by atomic mass is 9.92. The van der Waals surface area contributed by atoms with Crippen LogP contribution in [0.4, 0.5) is 8.78 Å².